The number of ether oxygens (including phenoxy) is 3. The first-order valence-corrected chi connectivity index (χ1v) is 10.7. The number of hydrogen-bond donors (Lipinski definition) is 2. The van der Waals surface area contributed by atoms with Crippen LogP contribution in [0.3, 0.4) is 0 Å². The molecule has 2 rings (SSSR count). The summed E-state index contributed by atoms with van der Waals surface area (Å²) in [5.41, 5.74) is 0.599. The maximum absolute atomic E-state index is 12.3. The summed E-state index contributed by atoms with van der Waals surface area (Å²) in [5.74, 6) is -1.05. The Morgan fingerprint density at radius 3 is 2.22 bits per heavy atom. The monoisotopic (exact) mass is 447 g/mol. The first-order chi connectivity index (χ1) is 14.8. The van der Waals surface area contributed by atoms with E-state index in [1.807, 2.05) is 13.8 Å². The van der Waals surface area contributed by atoms with Gasteiger partial charge in [0.05, 0.1) is 13.2 Å². The number of carbonyl (C=O) groups is 3. The summed E-state index contributed by atoms with van der Waals surface area (Å²) in [5, 5.41) is 3.50. The molecule has 0 bridgehead atoms. The number of H-pyrrole nitrogens is 1. The Morgan fingerprint density at radius 2 is 1.62 bits per heavy atom. The number of amides is 1. The van der Waals surface area contributed by atoms with E-state index in [0.717, 1.165) is 5.56 Å². The fourth-order valence-electron chi connectivity index (χ4n) is 3.15. The van der Waals surface area contributed by atoms with Crippen LogP contribution in [0, 0.1) is 5.41 Å². The molecule has 9 nitrogen and oxygen atoms in total. The van der Waals surface area contributed by atoms with Crippen LogP contribution in [0.15, 0.2) is 12.1 Å². The molecule has 0 saturated carbocycles. The molecule has 2 aromatic rings. The average molecular weight is 448 g/mol. The third kappa shape index (κ3) is 6.96. The van der Waals surface area contributed by atoms with Crippen LogP contribution >= 0.6 is 0 Å². The normalized spacial score (nSPS) is 11.8. The molecule has 1 amide bonds. The topological polar surface area (TPSA) is 120 Å². The Labute approximate surface area is 188 Å². The van der Waals surface area contributed by atoms with E-state index < -0.39 is 29.0 Å². The molecule has 0 saturated heterocycles. The quantitative estimate of drug-likeness (QED) is 0.463. The predicted molar refractivity (Wildman–Crippen MR) is 120 cm³/mol. The lowest BCUT2D eigenvalue weighted by atomic mass is 9.85. The number of rotatable bonds is 8. The minimum absolute atomic E-state index is 0.141. The first-order valence-electron chi connectivity index (χ1n) is 10.7. The fourth-order valence-corrected chi connectivity index (χ4v) is 3.15. The molecule has 2 N–H and O–H groups in total. The molecule has 9 heteroatoms. The molecule has 2 heterocycles. The van der Waals surface area contributed by atoms with E-state index in [9.17, 15) is 14.4 Å². The van der Waals surface area contributed by atoms with Crippen LogP contribution in [0.1, 0.15) is 75.0 Å². The van der Waals surface area contributed by atoms with Gasteiger partial charge in [-0.1, -0.05) is 13.8 Å². The molecule has 0 aliphatic carbocycles. The number of aromatic nitrogens is 2. The number of carbonyl (C=O) groups excluding carboxylic acids is 3. The standard InChI is InChI=1S/C23H33N3O6/c1-8-30-19(27)16-10-14(12-23(6,7)13-24-21(29)32-22(3,4)5)15-11-17(20(28)31-9-2)26-18(15)25-16/h10-11H,8-9,12-13H2,1-7H3,(H,24,29)(H,25,26). The van der Waals surface area contributed by atoms with Crippen LogP contribution < -0.4 is 5.32 Å². The van der Waals surface area contributed by atoms with Gasteiger partial charge in [-0.05, 0) is 64.2 Å². The van der Waals surface area contributed by atoms with Crippen LogP contribution in [-0.2, 0) is 20.6 Å². The van der Waals surface area contributed by atoms with Crippen molar-refractivity contribution < 1.29 is 28.6 Å². The lowest BCUT2D eigenvalue weighted by Gasteiger charge is -2.27. The molecule has 176 valence electrons. The van der Waals surface area contributed by atoms with Gasteiger partial charge in [0, 0.05) is 11.9 Å². The number of alkyl carbamates (subject to hydrolysis) is 1. The number of hydrogen-bond acceptors (Lipinski definition) is 7. The molecule has 0 aromatic carbocycles. The Kier molecular flexibility index (Phi) is 7.87. The van der Waals surface area contributed by atoms with Crippen molar-refractivity contribution in [2.75, 3.05) is 19.8 Å². The van der Waals surface area contributed by atoms with Gasteiger partial charge in [-0.2, -0.15) is 0 Å². The van der Waals surface area contributed by atoms with Gasteiger partial charge >= 0.3 is 18.0 Å². The first kappa shape index (κ1) is 25.2. The summed E-state index contributed by atoms with van der Waals surface area (Å²) in [6.45, 7) is 13.6. The molecule has 0 unspecified atom stereocenters. The van der Waals surface area contributed by atoms with Crippen LogP contribution in [-0.4, -0.2) is 53.4 Å². The Balaban J connectivity index is 2.35. The van der Waals surface area contributed by atoms with Crippen molar-refractivity contribution in [2.45, 2.75) is 60.5 Å². The second-order valence-corrected chi connectivity index (χ2v) is 9.25. The summed E-state index contributed by atoms with van der Waals surface area (Å²) in [4.78, 5) is 43.9. The maximum atomic E-state index is 12.3. The lowest BCUT2D eigenvalue weighted by Crippen LogP contribution is -2.38. The second kappa shape index (κ2) is 10.0. The second-order valence-electron chi connectivity index (χ2n) is 9.25. The number of pyridine rings is 1. The van der Waals surface area contributed by atoms with Crippen molar-refractivity contribution >= 4 is 29.1 Å². The molecule has 32 heavy (non-hydrogen) atoms. The Bertz CT molecular complexity index is 988. The van der Waals surface area contributed by atoms with Gasteiger partial charge in [0.1, 0.15) is 16.9 Å². The minimum atomic E-state index is -0.589. The van der Waals surface area contributed by atoms with Crippen molar-refractivity contribution in [1.29, 1.82) is 0 Å². The molecule has 0 fully saturated rings. The lowest BCUT2D eigenvalue weighted by molar-refractivity contribution is 0.0500. The van der Waals surface area contributed by atoms with Gasteiger partial charge in [0.25, 0.3) is 0 Å². The summed E-state index contributed by atoms with van der Waals surface area (Å²) in [7, 11) is 0. The van der Waals surface area contributed by atoms with Gasteiger partial charge in [-0.15, -0.1) is 0 Å². The van der Waals surface area contributed by atoms with E-state index in [2.05, 4.69) is 15.3 Å². The highest BCUT2D eigenvalue weighted by Crippen LogP contribution is 2.28. The van der Waals surface area contributed by atoms with Crippen molar-refractivity contribution in [3.05, 3.63) is 29.1 Å². The number of esters is 2. The van der Waals surface area contributed by atoms with Crippen LogP contribution in [0.2, 0.25) is 0 Å². The largest absolute Gasteiger partial charge is 0.461 e. The molecule has 0 spiro atoms. The zero-order valence-electron chi connectivity index (χ0n) is 19.9. The Hall–Kier alpha value is -3.10. The van der Waals surface area contributed by atoms with Crippen molar-refractivity contribution in [3.8, 4) is 0 Å². The van der Waals surface area contributed by atoms with E-state index >= 15 is 0 Å². The van der Waals surface area contributed by atoms with E-state index in [0.29, 0.717) is 24.0 Å². The molecule has 0 radical (unpaired) electrons. The summed E-state index contributed by atoms with van der Waals surface area (Å²) in [6, 6.07) is 3.33. The van der Waals surface area contributed by atoms with Gasteiger partial charge in [0.15, 0.2) is 5.69 Å². The van der Waals surface area contributed by atoms with Crippen LogP contribution in [0.25, 0.3) is 11.0 Å². The van der Waals surface area contributed by atoms with Crippen LogP contribution in [0.5, 0.6) is 0 Å². The Morgan fingerprint density at radius 1 is 1.00 bits per heavy atom. The molecular formula is C23H33N3O6. The number of fused-ring (bicyclic) bond motifs is 1. The van der Waals surface area contributed by atoms with Gasteiger partial charge in [0.2, 0.25) is 0 Å². The van der Waals surface area contributed by atoms with Gasteiger partial charge < -0.3 is 24.5 Å². The van der Waals surface area contributed by atoms with E-state index in [4.69, 9.17) is 14.2 Å². The molecular weight excluding hydrogens is 414 g/mol. The highest BCUT2D eigenvalue weighted by Gasteiger charge is 2.25. The molecule has 0 atom stereocenters. The molecule has 0 aliphatic heterocycles. The fraction of sp³-hybridized carbons (Fsp3) is 0.565. The number of nitrogens with zero attached hydrogens (tertiary/aromatic N) is 1. The number of nitrogens with one attached hydrogen (secondary N) is 2. The van der Waals surface area contributed by atoms with Crippen molar-refractivity contribution in [1.82, 2.24) is 15.3 Å². The molecule has 2 aromatic heterocycles. The highest BCUT2D eigenvalue weighted by atomic mass is 16.6. The van der Waals surface area contributed by atoms with Gasteiger partial charge in [-0.3, -0.25) is 0 Å². The van der Waals surface area contributed by atoms with Crippen molar-refractivity contribution in [2.24, 2.45) is 5.41 Å². The highest BCUT2D eigenvalue weighted by molar-refractivity contribution is 5.97. The third-order valence-corrected chi connectivity index (χ3v) is 4.45. The van der Waals surface area contributed by atoms with Crippen molar-refractivity contribution in [3.63, 3.8) is 0 Å². The number of aromatic amines is 1. The zero-order valence-corrected chi connectivity index (χ0v) is 19.9. The SMILES string of the molecule is CCOC(=O)c1cc(CC(C)(C)CNC(=O)OC(C)(C)C)c2cc(C(=O)OCC)[nH]c2n1. The molecule has 0 aliphatic rings. The summed E-state index contributed by atoms with van der Waals surface area (Å²) >= 11 is 0. The third-order valence-electron chi connectivity index (χ3n) is 4.45. The average Bonchev–Trinajstić information content (AvgIpc) is 3.10. The maximum Gasteiger partial charge on any atom is 0.407 e. The minimum Gasteiger partial charge on any atom is -0.461 e. The van der Waals surface area contributed by atoms with Gasteiger partial charge in [-0.25, -0.2) is 19.4 Å². The zero-order chi connectivity index (χ0) is 24.1. The van der Waals surface area contributed by atoms with E-state index in [1.54, 1.807) is 46.8 Å². The summed E-state index contributed by atoms with van der Waals surface area (Å²) in [6.07, 6.45) is -0.00200. The van der Waals surface area contributed by atoms with Crippen LogP contribution in [0.4, 0.5) is 4.79 Å². The van der Waals surface area contributed by atoms with E-state index in [1.165, 1.54) is 0 Å². The van der Waals surface area contributed by atoms with E-state index in [-0.39, 0.29) is 24.6 Å². The predicted octanol–water partition coefficient (Wildman–Crippen LogP) is 4.01. The smallest absolute Gasteiger partial charge is 0.407 e. The summed E-state index contributed by atoms with van der Waals surface area (Å²) < 4.78 is 15.5.